The highest BCUT2D eigenvalue weighted by atomic mass is 35.5. The van der Waals surface area contributed by atoms with Gasteiger partial charge in [-0.15, -0.1) is 0 Å². The monoisotopic (exact) mass is 396 g/mol. The van der Waals surface area contributed by atoms with Crippen molar-refractivity contribution in [2.45, 2.75) is 32.6 Å². The predicted molar refractivity (Wildman–Crippen MR) is 110 cm³/mol. The molecule has 2 aromatic rings. The minimum Gasteiger partial charge on any atom is -0.385 e. The Labute approximate surface area is 169 Å². The summed E-state index contributed by atoms with van der Waals surface area (Å²) in [6.45, 7) is 4.17. The molecule has 0 fully saturated rings. The summed E-state index contributed by atoms with van der Waals surface area (Å²) in [5.74, 6) is -0.0191. The van der Waals surface area contributed by atoms with Crippen molar-refractivity contribution in [3.63, 3.8) is 0 Å². The maximum atomic E-state index is 13.5. The van der Waals surface area contributed by atoms with Crippen LogP contribution in [0.25, 0.3) is 5.57 Å². The van der Waals surface area contributed by atoms with Gasteiger partial charge in [0.1, 0.15) is 11.6 Å². The van der Waals surface area contributed by atoms with Gasteiger partial charge in [0, 0.05) is 34.2 Å². The van der Waals surface area contributed by atoms with Gasteiger partial charge in [-0.25, -0.2) is 4.39 Å². The summed E-state index contributed by atoms with van der Waals surface area (Å²) in [4.78, 5) is 13.2. The minimum atomic E-state index is -0.317. The second kappa shape index (κ2) is 6.78. The summed E-state index contributed by atoms with van der Waals surface area (Å²) in [6, 6.07) is 13.7. The van der Waals surface area contributed by atoms with Crippen LogP contribution in [0.4, 0.5) is 4.39 Å². The molecule has 1 heterocycles. The molecule has 0 bridgehead atoms. The molecule has 144 valence electrons. The fourth-order valence-corrected chi connectivity index (χ4v) is 4.38. The molecule has 3 N–H and O–H groups in total. The van der Waals surface area contributed by atoms with Crippen LogP contribution in [-0.2, 0) is 4.79 Å². The number of rotatable bonds is 2. The maximum absolute atomic E-state index is 13.5. The molecule has 1 unspecified atom stereocenters. The van der Waals surface area contributed by atoms with E-state index in [0.717, 1.165) is 34.4 Å². The Kier molecular flexibility index (Phi) is 4.54. The van der Waals surface area contributed by atoms with Gasteiger partial charge in [0.15, 0.2) is 5.78 Å². The zero-order valence-corrected chi connectivity index (χ0v) is 16.6. The smallest absolute Gasteiger partial charge is 0.162 e. The van der Waals surface area contributed by atoms with E-state index in [0.29, 0.717) is 17.3 Å². The summed E-state index contributed by atoms with van der Waals surface area (Å²) in [7, 11) is 0. The Hall–Kier alpha value is -2.59. The van der Waals surface area contributed by atoms with Crippen LogP contribution in [0.2, 0.25) is 5.02 Å². The van der Waals surface area contributed by atoms with Crippen LogP contribution >= 0.6 is 11.6 Å². The summed E-state index contributed by atoms with van der Waals surface area (Å²) in [5.41, 5.74) is 10.5. The molecule has 3 nitrogen and oxygen atoms in total. The van der Waals surface area contributed by atoms with E-state index < -0.39 is 0 Å². The molecular weight excluding hydrogens is 375 g/mol. The number of ketones is 1. The molecule has 5 heteroatoms. The van der Waals surface area contributed by atoms with Crippen molar-refractivity contribution in [2.24, 2.45) is 11.1 Å². The van der Waals surface area contributed by atoms with E-state index in [4.69, 9.17) is 17.3 Å². The van der Waals surface area contributed by atoms with Gasteiger partial charge in [-0.2, -0.15) is 0 Å². The van der Waals surface area contributed by atoms with Crippen molar-refractivity contribution >= 4 is 23.0 Å². The number of dihydropyridines is 1. The second-order valence-corrected chi connectivity index (χ2v) is 8.71. The Bertz CT molecular complexity index is 1000. The van der Waals surface area contributed by atoms with Crippen LogP contribution in [-0.4, -0.2) is 5.78 Å². The first kappa shape index (κ1) is 18.8. The van der Waals surface area contributed by atoms with Crippen LogP contribution in [0.3, 0.4) is 0 Å². The number of carbonyl (C=O) groups is 1. The highest BCUT2D eigenvalue weighted by Crippen LogP contribution is 2.48. The fraction of sp³-hybridized carbons (Fsp3) is 0.261. The van der Waals surface area contributed by atoms with Gasteiger partial charge < -0.3 is 11.1 Å². The molecule has 1 atom stereocenters. The molecule has 1 aliphatic carbocycles. The first-order chi connectivity index (χ1) is 13.2. The van der Waals surface area contributed by atoms with E-state index in [1.807, 2.05) is 24.3 Å². The molecule has 0 radical (unpaired) electrons. The molecule has 0 saturated heterocycles. The van der Waals surface area contributed by atoms with Gasteiger partial charge >= 0.3 is 0 Å². The normalized spacial score (nSPS) is 21.4. The number of nitrogens with one attached hydrogen (secondary N) is 1. The van der Waals surface area contributed by atoms with E-state index in [9.17, 15) is 9.18 Å². The third kappa shape index (κ3) is 3.33. The van der Waals surface area contributed by atoms with Crippen molar-refractivity contribution in [1.29, 1.82) is 0 Å². The lowest BCUT2D eigenvalue weighted by atomic mass is 9.68. The number of nitrogens with two attached hydrogens (primary N) is 1. The zero-order chi connectivity index (χ0) is 20.1. The third-order valence-corrected chi connectivity index (χ3v) is 5.68. The lowest BCUT2D eigenvalue weighted by molar-refractivity contribution is -0.118. The highest BCUT2D eigenvalue weighted by molar-refractivity contribution is 6.30. The number of benzene rings is 2. The summed E-state index contributed by atoms with van der Waals surface area (Å²) in [5, 5.41) is 3.90. The summed E-state index contributed by atoms with van der Waals surface area (Å²) < 4.78 is 13.5. The highest BCUT2D eigenvalue weighted by Gasteiger charge is 2.41. The molecule has 4 rings (SSSR count). The van der Waals surface area contributed by atoms with Crippen LogP contribution in [0.15, 0.2) is 65.6 Å². The Morgan fingerprint density at radius 3 is 2.32 bits per heavy atom. The number of hydrogen-bond acceptors (Lipinski definition) is 3. The van der Waals surface area contributed by atoms with Gasteiger partial charge in [-0.1, -0.05) is 49.7 Å². The summed E-state index contributed by atoms with van der Waals surface area (Å²) in [6.07, 6.45) is 1.23. The van der Waals surface area contributed by atoms with Crippen LogP contribution < -0.4 is 11.1 Å². The fourth-order valence-electron chi connectivity index (χ4n) is 4.25. The molecule has 0 spiro atoms. The third-order valence-electron chi connectivity index (χ3n) is 5.43. The Balaban J connectivity index is 1.91. The van der Waals surface area contributed by atoms with Crippen LogP contribution in [0, 0.1) is 11.2 Å². The molecule has 0 saturated carbocycles. The van der Waals surface area contributed by atoms with Gasteiger partial charge in [0.25, 0.3) is 0 Å². The Morgan fingerprint density at radius 2 is 1.68 bits per heavy atom. The van der Waals surface area contributed by atoms with Crippen molar-refractivity contribution in [1.82, 2.24) is 5.32 Å². The number of carbonyl (C=O) groups excluding carboxylic acids is 1. The number of Topliss-reactive ketones (excluding diaryl/α,β-unsaturated/α-hetero) is 1. The first-order valence-corrected chi connectivity index (χ1v) is 9.67. The van der Waals surface area contributed by atoms with E-state index >= 15 is 0 Å². The van der Waals surface area contributed by atoms with E-state index in [1.54, 1.807) is 12.1 Å². The van der Waals surface area contributed by atoms with E-state index in [2.05, 4.69) is 19.2 Å². The quantitative estimate of drug-likeness (QED) is 0.739. The van der Waals surface area contributed by atoms with Crippen LogP contribution in [0.5, 0.6) is 0 Å². The van der Waals surface area contributed by atoms with Gasteiger partial charge in [-0.05, 0) is 47.2 Å². The minimum absolute atomic E-state index is 0.116. The lowest BCUT2D eigenvalue weighted by Crippen LogP contribution is -2.39. The molecule has 2 aromatic carbocycles. The van der Waals surface area contributed by atoms with Gasteiger partial charge in [0.2, 0.25) is 0 Å². The average molecular weight is 397 g/mol. The SMILES string of the molecule is CC1(C)CC(=O)C2=C(C1)NC(N)=C(c1ccc(F)cc1)C2c1ccc(Cl)cc1. The Morgan fingerprint density at radius 1 is 1.04 bits per heavy atom. The first-order valence-electron chi connectivity index (χ1n) is 9.29. The van der Waals surface area contributed by atoms with Crippen LogP contribution in [0.1, 0.15) is 43.7 Å². The maximum Gasteiger partial charge on any atom is 0.162 e. The molecular formula is C23H22ClFN2O. The predicted octanol–water partition coefficient (Wildman–Crippen LogP) is 5.14. The molecule has 0 aromatic heterocycles. The lowest BCUT2D eigenvalue weighted by Gasteiger charge is -2.40. The van der Waals surface area contributed by atoms with Gasteiger partial charge in [0.05, 0.1) is 0 Å². The number of halogens is 2. The van der Waals surface area contributed by atoms with Gasteiger partial charge in [-0.3, -0.25) is 4.79 Å². The van der Waals surface area contributed by atoms with E-state index in [1.165, 1.54) is 12.1 Å². The second-order valence-electron chi connectivity index (χ2n) is 8.28. The van der Waals surface area contributed by atoms with Crippen molar-refractivity contribution in [3.05, 3.63) is 87.6 Å². The molecule has 0 amide bonds. The van der Waals surface area contributed by atoms with E-state index in [-0.39, 0.29) is 22.9 Å². The zero-order valence-electron chi connectivity index (χ0n) is 15.9. The molecule has 28 heavy (non-hydrogen) atoms. The van der Waals surface area contributed by atoms with Crippen molar-refractivity contribution < 1.29 is 9.18 Å². The topological polar surface area (TPSA) is 55.1 Å². The number of allylic oxidation sites excluding steroid dienone is 3. The largest absolute Gasteiger partial charge is 0.385 e. The average Bonchev–Trinajstić information content (AvgIpc) is 2.61. The molecule has 2 aliphatic rings. The van der Waals surface area contributed by atoms with Crippen molar-refractivity contribution in [3.8, 4) is 0 Å². The molecule has 1 aliphatic heterocycles. The summed E-state index contributed by atoms with van der Waals surface area (Å²) >= 11 is 6.08. The van der Waals surface area contributed by atoms with Crippen molar-refractivity contribution in [2.75, 3.05) is 0 Å². The standard InChI is InChI=1S/C23H22ClFN2O/c1-23(2)11-17-21(18(28)12-23)19(13-3-7-15(24)8-4-13)20(22(26)27-17)14-5-9-16(25)10-6-14/h3-10,19,27H,11-12,26H2,1-2H3. The number of hydrogen-bond donors (Lipinski definition) is 2.